The molecule has 1 rings (SSSR count). The van der Waals surface area contributed by atoms with Gasteiger partial charge in [-0.1, -0.05) is 13.8 Å². The summed E-state index contributed by atoms with van der Waals surface area (Å²) < 4.78 is 1.95. The fourth-order valence-electron chi connectivity index (χ4n) is 2.04. The highest BCUT2D eigenvalue weighted by molar-refractivity contribution is 5.79. The summed E-state index contributed by atoms with van der Waals surface area (Å²) in [7, 11) is 0. The molecule has 2 atom stereocenters. The highest BCUT2D eigenvalue weighted by Gasteiger charge is 2.22. The number of hydrogen-bond acceptors (Lipinski definition) is 3. The zero-order valence-electron chi connectivity index (χ0n) is 12.1. The molecule has 2 unspecified atom stereocenters. The Morgan fingerprint density at radius 1 is 1.45 bits per heavy atom. The van der Waals surface area contributed by atoms with Crippen LogP contribution in [0.3, 0.4) is 0 Å². The van der Waals surface area contributed by atoms with E-state index in [-0.39, 0.29) is 11.8 Å². The summed E-state index contributed by atoms with van der Waals surface area (Å²) in [5.41, 5.74) is 0. The van der Waals surface area contributed by atoms with Crippen LogP contribution in [0.5, 0.6) is 0 Å². The predicted octanol–water partition coefficient (Wildman–Crippen LogP) is 1.53. The fraction of sp³-hybridized carbons (Fsp3) is 0.643. The molecule has 20 heavy (non-hydrogen) atoms. The van der Waals surface area contributed by atoms with Gasteiger partial charge in [-0.15, -0.1) is 0 Å². The van der Waals surface area contributed by atoms with Gasteiger partial charge in [0.25, 0.3) is 0 Å². The second-order valence-electron chi connectivity index (χ2n) is 5.03. The summed E-state index contributed by atoms with van der Waals surface area (Å²) in [5, 5.41) is 11.8. The van der Waals surface area contributed by atoms with E-state index in [1.165, 1.54) is 0 Å². The number of aliphatic carboxylic acids is 1. The summed E-state index contributed by atoms with van der Waals surface area (Å²) in [6.07, 6.45) is 7.10. The SMILES string of the molecule is CCC(CC(C)C(=O)NCCCn1ccnc1)C(=O)O. The molecule has 1 heterocycles. The number of rotatable bonds is 9. The number of imidazole rings is 1. The highest BCUT2D eigenvalue weighted by Crippen LogP contribution is 2.15. The minimum absolute atomic E-state index is 0.0738. The maximum atomic E-state index is 11.9. The first-order valence-corrected chi connectivity index (χ1v) is 7.00. The molecule has 0 fully saturated rings. The van der Waals surface area contributed by atoms with Gasteiger partial charge in [-0.25, -0.2) is 4.98 Å². The van der Waals surface area contributed by atoms with Crippen LogP contribution in [-0.2, 0) is 16.1 Å². The molecule has 0 spiro atoms. The van der Waals surface area contributed by atoms with Crippen molar-refractivity contribution < 1.29 is 14.7 Å². The van der Waals surface area contributed by atoms with Gasteiger partial charge in [-0.05, 0) is 19.3 Å². The van der Waals surface area contributed by atoms with E-state index in [2.05, 4.69) is 10.3 Å². The van der Waals surface area contributed by atoms with Gasteiger partial charge < -0.3 is 15.0 Å². The molecule has 6 heteroatoms. The number of amides is 1. The van der Waals surface area contributed by atoms with Gasteiger partial charge in [0.1, 0.15) is 0 Å². The van der Waals surface area contributed by atoms with Crippen molar-refractivity contribution >= 4 is 11.9 Å². The molecule has 1 aromatic heterocycles. The average Bonchev–Trinajstić information content (AvgIpc) is 2.93. The molecule has 0 aliphatic heterocycles. The molecular weight excluding hydrogens is 258 g/mol. The molecule has 112 valence electrons. The van der Waals surface area contributed by atoms with Gasteiger partial charge >= 0.3 is 5.97 Å². The lowest BCUT2D eigenvalue weighted by Gasteiger charge is -2.16. The standard InChI is InChI=1S/C14H23N3O3/c1-3-12(14(19)20)9-11(2)13(18)16-5-4-7-17-8-6-15-10-17/h6,8,10-12H,3-5,7,9H2,1-2H3,(H,16,18)(H,19,20). The maximum absolute atomic E-state index is 11.9. The number of aromatic nitrogens is 2. The van der Waals surface area contributed by atoms with Gasteiger partial charge in [-0.2, -0.15) is 0 Å². The van der Waals surface area contributed by atoms with E-state index < -0.39 is 11.9 Å². The van der Waals surface area contributed by atoms with Crippen LogP contribution in [-0.4, -0.2) is 33.1 Å². The Kier molecular flexibility index (Phi) is 6.76. The first-order chi connectivity index (χ1) is 9.54. The molecule has 0 saturated carbocycles. The minimum Gasteiger partial charge on any atom is -0.481 e. The van der Waals surface area contributed by atoms with Crippen LogP contribution in [0.25, 0.3) is 0 Å². The third-order valence-electron chi connectivity index (χ3n) is 3.38. The number of hydrogen-bond donors (Lipinski definition) is 2. The van der Waals surface area contributed by atoms with Crippen molar-refractivity contribution in [2.75, 3.05) is 6.54 Å². The number of aryl methyl sites for hydroxylation is 1. The Morgan fingerprint density at radius 3 is 2.75 bits per heavy atom. The molecule has 0 aromatic carbocycles. The highest BCUT2D eigenvalue weighted by atomic mass is 16.4. The van der Waals surface area contributed by atoms with Crippen molar-refractivity contribution in [2.24, 2.45) is 11.8 Å². The number of carbonyl (C=O) groups excluding carboxylic acids is 1. The molecule has 1 aromatic rings. The topological polar surface area (TPSA) is 84.2 Å². The molecule has 1 amide bonds. The number of nitrogens with one attached hydrogen (secondary N) is 1. The minimum atomic E-state index is -0.827. The number of carboxylic acid groups (broad SMARTS) is 1. The van der Waals surface area contributed by atoms with Crippen molar-refractivity contribution in [1.29, 1.82) is 0 Å². The second-order valence-corrected chi connectivity index (χ2v) is 5.03. The van der Waals surface area contributed by atoms with Gasteiger partial charge in [0.2, 0.25) is 5.91 Å². The average molecular weight is 281 g/mol. The molecule has 2 N–H and O–H groups in total. The van der Waals surface area contributed by atoms with E-state index in [9.17, 15) is 9.59 Å². The third-order valence-corrected chi connectivity index (χ3v) is 3.38. The van der Waals surface area contributed by atoms with Crippen LogP contribution in [0, 0.1) is 11.8 Å². The summed E-state index contributed by atoms with van der Waals surface area (Å²) >= 11 is 0. The Hall–Kier alpha value is -1.85. The zero-order valence-corrected chi connectivity index (χ0v) is 12.1. The lowest BCUT2D eigenvalue weighted by Crippen LogP contribution is -2.32. The first kappa shape index (κ1) is 16.2. The van der Waals surface area contributed by atoms with Crippen molar-refractivity contribution in [3.63, 3.8) is 0 Å². The van der Waals surface area contributed by atoms with Crippen LogP contribution in [0.15, 0.2) is 18.7 Å². The van der Waals surface area contributed by atoms with E-state index in [1.54, 1.807) is 19.4 Å². The van der Waals surface area contributed by atoms with Crippen LogP contribution in [0.2, 0.25) is 0 Å². The smallest absolute Gasteiger partial charge is 0.306 e. The number of carboxylic acids is 1. The molecule has 0 radical (unpaired) electrons. The molecule has 6 nitrogen and oxygen atoms in total. The van der Waals surface area contributed by atoms with E-state index in [0.717, 1.165) is 13.0 Å². The summed E-state index contributed by atoms with van der Waals surface area (Å²) in [4.78, 5) is 26.7. The van der Waals surface area contributed by atoms with Gasteiger partial charge in [0.05, 0.1) is 12.2 Å². The Bertz CT molecular complexity index is 417. The van der Waals surface area contributed by atoms with Crippen molar-refractivity contribution in [1.82, 2.24) is 14.9 Å². The van der Waals surface area contributed by atoms with Crippen LogP contribution < -0.4 is 5.32 Å². The van der Waals surface area contributed by atoms with Crippen LogP contribution in [0.1, 0.15) is 33.1 Å². The summed E-state index contributed by atoms with van der Waals surface area (Å²) in [6, 6.07) is 0. The number of carbonyl (C=O) groups is 2. The number of nitrogens with zero attached hydrogens (tertiary/aromatic N) is 2. The van der Waals surface area contributed by atoms with E-state index in [0.29, 0.717) is 19.4 Å². The lowest BCUT2D eigenvalue weighted by atomic mass is 9.93. The van der Waals surface area contributed by atoms with Gasteiger partial charge in [0, 0.05) is 31.4 Å². The predicted molar refractivity (Wildman–Crippen MR) is 75.1 cm³/mol. The molecule has 0 saturated heterocycles. The summed E-state index contributed by atoms with van der Waals surface area (Å²) in [6.45, 7) is 5.00. The van der Waals surface area contributed by atoms with Gasteiger partial charge in [-0.3, -0.25) is 9.59 Å². The van der Waals surface area contributed by atoms with Gasteiger partial charge in [0.15, 0.2) is 0 Å². The monoisotopic (exact) mass is 281 g/mol. The van der Waals surface area contributed by atoms with Crippen LogP contribution >= 0.6 is 0 Å². The maximum Gasteiger partial charge on any atom is 0.306 e. The van der Waals surface area contributed by atoms with Crippen molar-refractivity contribution in [3.05, 3.63) is 18.7 Å². The Balaban J connectivity index is 2.22. The normalized spacial score (nSPS) is 13.7. The largest absolute Gasteiger partial charge is 0.481 e. The molecule has 0 aliphatic rings. The van der Waals surface area contributed by atoms with Crippen molar-refractivity contribution in [2.45, 2.75) is 39.7 Å². The zero-order chi connectivity index (χ0) is 15.0. The fourth-order valence-corrected chi connectivity index (χ4v) is 2.04. The molecule has 0 bridgehead atoms. The summed E-state index contributed by atoms with van der Waals surface area (Å²) in [5.74, 6) is -1.62. The van der Waals surface area contributed by atoms with Crippen LogP contribution in [0.4, 0.5) is 0 Å². The van der Waals surface area contributed by atoms with E-state index in [1.807, 2.05) is 17.7 Å². The lowest BCUT2D eigenvalue weighted by molar-refractivity contribution is -0.142. The molecule has 0 aliphatic carbocycles. The quantitative estimate of drug-likeness (QED) is 0.672. The third kappa shape index (κ3) is 5.42. The second kappa shape index (κ2) is 8.35. The Labute approximate surface area is 119 Å². The van der Waals surface area contributed by atoms with Crippen molar-refractivity contribution in [3.8, 4) is 0 Å². The van der Waals surface area contributed by atoms with E-state index >= 15 is 0 Å². The van der Waals surface area contributed by atoms with E-state index in [4.69, 9.17) is 5.11 Å². The molecular formula is C14H23N3O3. The first-order valence-electron chi connectivity index (χ1n) is 7.00. The Morgan fingerprint density at radius 2 is 2.20 bits per heavy atom.